The molecular formula is C15H22ClN3O4. The second kappa shape index (κ2) is 8.24. The van der Waals surface area contributed by atoms with Crippen LogP contribution in [0.4, 0.5) is 5.69 Å². The van der Waals surface area contributed by atoms with Gasteiger partial charge in [0.2, 0.25) is 5.91 Å². The van der Waals surface area contributed by atoms with Gasteiger partial charge >= 0.3 is 0 Å². The van der Waals surface area contributed by atoms with Gasteiger partial charge in [-0.1, -0.05) is 12.1 Å². The molecule has 0 aromatic heterocycles. The highest BCUT2D eigenvalue weighted by Crippen LogP contribution is 2.24. The van der Waals surface area contributed by atoms with Crippen LogP contribution in [0.15, 0.2) is 18.2 Å². The van der Waals surface area contributed by atoms with Gasteiger partial charge in [-0.15, -0.1) is 12.4 Å². The van der Waals surface area contributed by atoms with Crippen molar-refractivity contribution < 1.29 is 14.5 Å². The van der Waals surface area contributed by atoms with E-state index in [1.165, 1.54) is 6.07 Å². The molecule has 1 aromatic rings. The zero-order chi connectivity index (χ0) is 16.3. The van der Waals surface area contributed by atoms with Crippen LogP contribution in [0.3, 0.4) is 0 Å². The first-order valence-corrected chi connectivity index (χ1v) is 7.33. The fourth-order valence-corrected chi connectivity index (χ4v) is 2.55. The highest BCUT2D eigenvalue weighted by Gasteiger charge is 2.30. The van der Waals surface area contributed by atoms with Crippen molar-refractivity contribution in [1.29, 1.82) is 0 Å². The van der Waals surface area contributed by atoms with Gasteiger partial charge in [0.15, 0.2) is 0 Å². The lowest BCUT2D eigenvalue weighted by Crippen LogP contribution is -2.37. The Morgan fingerprint density at radius 3 is 2.78 bits per heavy atom. The maximum Gasteiger partial charge on any atom is 0.272 e. The summed E-state index contributed by atoms with van der Waals surface area (Å²) in [6.45, 7) is 3.88. The number of carbonyl (C=O) groups excluding carboxylic acids is 1. The normalized spacial score (nSPS) is 21.3. The number of carbonyl (C=O) groups is 1. The van der Waals surface area contributed by atoms with Crippen LogP contribution in [0.2, 0.25) is 0 Å². The average molecular weight is 344 g/mol. The van der Waals surface area contributed by atoms with Crippen LogP contribution in [0.1, 0.15) is 36.9 Å². The van der Waals surface area contributed by atoms with Crippen LogP contribution in [-0.4, -0.2) is 29.6 Å². The van der Waals surface area contributed by atoms with Crippen molar-refractivity contribution in [2.45, 2.75) is 44.9 Å². The Morgan fingerprint density at radius 2 is 2.22 bits per heavy atom. The zero-order valence-electron chi connectivity index (χ0n) is 13.2. The van der Waals surface area contributed by atoms with E-state index >= 15 is 0 Å². The van der Waals surface area contributed by atoms with E-state index in [1.807, 2.05) is 0 Å². The Labute approximate surface area is 141 Å². The summed E-state index contributed by atoms with van der Waals surface area (Å²) < 4.78 is 5.54. The van der Waals surface area contributed by atoms with Crippen molar-refractivity contribution in [3.05, 3.63) is 39.4 Å². The number of nitro benzene ring substituents is 1. The largest absolute Gasteiger partial charge is 0.364 e. The number of hydrogen-bond donors (Lipinski definition) is 2. The van der Waals surface area contributed by atoms with Crippen molar-refractivity contribution in [2.75, 3.05) is 6.54 Å². The SMILES string of the molecule is Cc1ccc(C(C)NC(=O)[C@@H]2CC[C@H](CN)O2)cc1[N+](=O)[O-].Cl. The molecule has 1 saturated heterocycles. The van der Waals surface area contributed by atoms with E-state index in [4.69, 9.17) is 10.5 Å². The maximum atomic E-state index is 12.2. The van der Waals surface area contributed by atoms with Gasteiger partial charge in [0.1, 0.15) is 6.10 Å². The van der Waals surface area contributed by atoms with Crippen LogP contribution >= 0.6 is 12.4 Å². The fourth-order valence-electron chi connectivity index (χ4n) is 2.55. The third kappa shape index (κ3) is 4.63. The Balaban J connectivity index is 0.00000264. The number of amides is 1. The van der Waals surface area contributed by atoms with Gasteiger partial charge in [-0.25, -0.2) is 0 Å². The second-order valence-corrected chi connectivity index (χ2v) is 5.59. The number of ether oxygens (including phenoxy) is 1. The molecule has 2 rings (SSSR count). The van der Waals surface area contributed by atoms with Crippen molar-refractivity contribution >= 4 is 24.0 Å². The van der Waals surface area contributed by atoms with Crippen LogP contribution in [-0.2, 0) is 9.53 Å². The summed E-state index contributed by atoms with van der Waals surface area (Å²) in [6, 6.07) is 4.64. The molecule has 1 aliphatic heterocycles. The highest BCUT2D eigenvalue weighted by atomic mass is 35.5. The van der Waals surface area contributed by atoms with Gasteiger partial charge in [0.05, 0.1) is 17.1 Å². The number of benzene rings is 1. The van der Waals surface area contributed by atoms with Crippen molar-refractivity contribution in [2.24, 2.45) is 5.73 Å². The fraction of sp³-hybridized carbons (Fsp3) is 0.533. The molecule has 1 amide bonds. The molecule has 1 aromatic carbocycles. The van der Waals surface area contributed by atoms with Gasteiger partial charge in [-0.3, -0.25) is 14.9 Å². The third-order valence-corrected chi connectivity index (χ3v) is 3.95. The molecule has 3 atom stereocenters. The van der Waals surface area contributed by atoms with E-state index < -0.39 is 11.0 Å². The monoisotopic (exact) mass is 343 g/mol. The van der Waals surface area contributed by atoms with E-state index in [1.54, 1.807) is 26.0 Å². The Hall–Kier alpha value is -1.70. The summed E-state index contributed by atoms with van der Waals surface area (Å²) in [6.07, 6.45) is 0.871. The van der Waals surface area contributed by atoms with E-state index in [-0.39, 0.29) is 36.1 Å². The van der Waals surface area contributed by atoms with Crippen molar-refractivity contribution in [3.63, 3.8) is 0 Å². The van der Waals surface area contributed by atoms with Crippen LogP contribution < -0.4 is 11.1 Å². The molecule has 128 valence electrons. The summed E-state index contributed by atoms with van der Waals surface area (Å²) >= 11 is 0. The molecular weight excluding hydrogens is 322 g/mol. The second-order valence-electron chi connectivity index (χ2n) is 5.59. The van der Waals surface area contributed by atoms with Gasteiger partial charge < -0.3 is 15.8 Å². The first-order valence-electron chi connectivity index (χ1n) is 7.33. The summed E-state index contributed by atoms with van der Waals surface area (Å²) in [4.78, 5) is 22.7. The van der Waals surface area contributed by atoms with Gasteiger partial charge in [0.25, 0.3) is 5.69 Å². The minimum atomic E-state index is -0.489. The topological polar surface area (TPSA) is 107 Å². The Kier molecular flexibility index (Phi) is 6.93. The predicted molar refractivity (Wildman–Crippen MR) is 88.6 cm³/mol. The van der Waals surface area contributed by atoms with E-state index in [9.17, 15) is 14.9 Å². The Bertz CT molecular complexity index is 582. The first-order chi connectivity index (χ1) is 10.4. The average Bonchev–Trinajstić information content (AvgIpc) is 2.96. The Morgan fingerprint density at radius 1 is 1.52 bits per heavy atom. The van der Waals surface area contributed by atoms with Gasteiger partial charge in [0, 0.05) is 18.2 Å². The summed E-state index contributed by atoms with van der Waals surface area (Å²) in [5.74, 6) is -0.202. The molecule has 0 bridgehead atoms. The minimum absolute atomic E-state index is 0. The van der Waals surface area contributed by atoms with Crippen LogP contribution in [0.5, 0.6) is 0 Å². The lowest BCUT2D eigenvalue weighted by Gasteiger charge is -2.18. The number of halogens is 1. The molecule has 1 heterocycles. The molecule has 7 nitrogen and oxygen atoms in total. The number of hydrogen-bond acceptors (Lipinski definition) is 5. The van der Waals surface area contributed by atoms with Gasteiger partial charge in [-0.05, 0) is 32.3 Å². The first kappa shape index (κ1) is 19.3. The zero-order valence-corrected chi connectivity index (χ0v) is 14.0. The molecule has 1 aliphatic rings. The number of nitrogens with two attached hydrogens (primary N) is 1. The quantitative estimate of drug-likeness (QED) is 0.628. The number of nitro groups is 1. The number of nitrogens with one attached hydrogen (secondary N) is 1. The standard InChI is InChI=1S/C15H21N3O4.ClH/c1-9-3-4-11(7-13(9)18(20)21)10(2)17-15(19)14-6-5-12(8-16)22-14;/h3-4,7,10,12,14H,5-6,8,16H2,1-2H3,(H,17,19);1H/t10?,12-,14+;/m1./s1. The number of aryl methyl sites for hydroxylation is 1. The molecule has 3 N–H and O–H groups in total. The lowest BCUT2D eigenvalue weighted by molar-refractivity contribution is -0.385. The predicted octanol–water partition coefficient (Wildman–Crippen LogP) is 2.01. The number of nitrogens with zero attached hydrogens (tertiary/aromatic N) is 1. The molecule has 0 saturated carbocycles. The molecule has 8 heteroatoms. The van der Waals surface area contributed by atoms with E-state index in [2.05, 4.69) is 5.32 Å². The smallest absolute Gasteiger partial charge is 0.272 e. The number of rotatable bonds is 5. The maximum absolute atomic E-state index is 12.2. The van der Waals surface area contributed by atoms with Crippen LogP contribution in [0.25, 0.3) is 0 Å². The molecule has 1 unspecified atom stereocenters. The highest BCUT2D eigenvalue weighted by molar-refractivity contribution is 5.85. The van der Waals surface area contributed by atoms with Crippen molar-refractivity contribution in [3.8, 4) is 0 Å². The lowest BCUT2D eigenvalue weighted by atomic mass is 10.0. The van der Waals surface area contributed by atoms with Gasteiger partial charge in [-0.2, -0.15) is 0 Å². The molecule has 0 radical (unpaired) electrons. The summed E-state index contributed by atoms with van der Waals surface area (Å²) in [5.41, 5.74) is 6.87. The summed E-state index contributed by atoms with van der Waals surface area (Å²) in [5, 5.41) is 13.8. The van der Waals surface area contributed by atoms with Crippen LogP contribution in [0, 0.1) is 17.0 Å². The van der Waals surface area contributed by atoms with Crippen molar-refractivity contribution in [1.82, 2.24) is 5.32 Å². The third-order valence-electron chi connectivity index (χ3n) is 3.95. The molecule has 23 heavy (non-hydrogen) atoms. The minimum Gasteiger partial charge on any atom is -0.364 e. The molecule has 1 fully saturated rings. The molecule has 0 aliphatic carbocycles. The van der Waals surface area contributed by atoms with E-state index in [0.29, 0.717) is 24.1 Å². The summed E-state index contributed by atoms with van der Waals surface area (Å²) in [7, 11) is 0. The van der Waals surface area contributed by atoms with E-state index in [0.717, 1.165) is 6.42 Å². The molecule has 0 spiro atoms.